The molecule has 1 aliphatic carbocycles. The standard InChI is InChI=1S/C38H38ClN3O5S2/c1-3-31(36(45)42-37-33(38(46)47-4-2)28-19-9-6-10-21-32(28)49-37)48-27-18-13-17-26(23-27)40-35(44)30(22-25-16-11-12-20-29(25)39)41-34(43)24-14-7-5-8-15-24/h5,7-8,11-18,20,22-23,31H,3-4,6,9-10,19,21H2,1-2H3,(H,40,44)(H,41,43)(H,42,45)/b30-22+. The summed E-state index contributed by atoms with van der Waals surface area (Å²) in [5.41, 5.74) is 2.95. The van der Waals surface area contributed by atoms with Crippen LogP contribution in [0.5, 0.6) is 0 Å². The zero-order valence-corrected chi connectivity index (χ0v) is 29.7. The van der Waals surface area contributed by atoms with E-state index in [4.69, 9.17) is 16.3 Å². The van der Waals surface area contributed by atoms with Crippen LogP contribution in [0.4, 0.5) is 10.7 Å². The van der Waals surface area contributed by atoms with Crippen LogP contribution >= 0.6 is 34.7 Å². The number of rotatable bonds is 12. The number of hydrogen-bond donors (Lipinski definition) is 3. The Morgan fingerprint density at radius 2 is 1.67 bits per heavy atom. The lowest BCUT2D eigenvalue weighted by molar-refractivity contribution is -0.116. The summed E-state index contributed by atoms with van der Waals surface area (Å²) in [5.74, 6) is -1.59. The van der Waals surface area contributed by atoms with Gasteiger partial charge in [-0.25, -0.2) is 4.79 Å². The van der Waals surface area contributed by atoms with Gasteiger partial charge in [0.2, 0.25) is 5.91 Å². The van der Waals surface area contributed by atoms with Gasteiger partial charge >= 0.3 is 5.97 Å². The minimum absolute atomic E-state index is 0.0116. The molecule has 0 radical (unpaired) electrons. The van der Waals surface area contributed by atoms with E-state index < -0.39 is 23.0 Å². The molecule has 0 spiro atoms. The van der Waals surface area contributed by atoms with E-state index in [-0.39, 0.29) is 18.2 Å². The molecule has 11 heteroatoms. The first-order valence-electron chi connectivity index (χ1n) is 16.3. The van der Waals surface area contributed by atoms with Crippen LogP contribution in [0.2, 0.25) is 5.02 Å². The average Bonchev–Trinajstić information content (AvgIpc) is 3.27. The second kappa shape index (κ2) is 17.3. The number of ether oxygens (including phenoxy) is 1. The molecular weight excluding hydrogens is 678 g/mol. The number of halogens is 1. The molecule has 3 aromatic carbocycles. The second-order valence-corrected chi connectivity index (χ2v) is 14.2. The predicted octanol–water partition coefficient (Wildman–Crippen LogP) is 8.77. The highest BCUT2D eigenvalue weighted by atomic mass is 35.5. The molecule has 1 atom stereocenters. The highest BCUT2D eigenvalue weighted by Gasteiger charge is 2.28. The minimum atomic E-state index is -0.542. The Kier molecular flexibility index (Phi) is 12.7. The predicted molar refractivity (Wildman–Crippen MR) is 199 cm³/mol. The molecule has 49 heavy (non-hydrogen) atoms. The van der Waals surface area contributed by atoms with Crippen molar-refractivity contribution in [3.05, 3.63) is 117 Å². The zero-order valence-electron chi connectivity index (χ0n) is 27.3. The van der Waals surface area contributed by atoms with Crippen LogP contribution in [0, 0.1) is 0 Å². The van der Waals surface area contributed by atoms with E-state index in [1.54, 1.807) is 79.7 Å². The molecule has 5 rings (SSSR count). The molecule has 1 heterocycles. The third kappa shape index (κ3) is 9.41. The fraction of sp³-hybridized carbons (Fsp3) is 0.263. The Bertz CT molecular complexity index is 1860. The zero-order chi connectivity index (χ0) is 34.8. The number of thiophene rings is 1. The minimum Gasteiger partial charge on any atom is -0.462 e. The van der Waals surface area contributed by atoms with Crippen molar-refractivity contribution in [1.82, 2.24) is 5.32 Å². The van der Waals surface area contributed by atoms with Gasteiger partial charge in [-0.05, 0) is 92.6 Å². The van der Waals surface area contributed by atoms with Gasteiger partial charge in [0.15, 0.2) is 0 Å². The number of fused-ring (bicyclic) bond motifs is 1. The molecule has 0 saturated carbocycles. The molecule has 0 bridgehead atoms. The normalized spacial score (nSPS) is 13.4. The van der Waals surface area contributed by atoms with Gasteiger partial charge in [0.1, 0.15) is 10.7 Å². The van der Waals surface area contributed by atoms with E-state index in [2.05, 4.69) is 16.0 Å². The lowest BCUT2D eigenvalue weighted by Crippen LogP contribution is -2.30. The third-order valence-electron chi connectivity index (χ3n) is 7.90. The quantitative estimate of drug-likeness (QED) is 0.0585. The Labute approximate surface area is 299 Å². The Morgan fingerprint density at radius 1 is 0.918 bits per heavy atom. The first-order valence-corrected chi connectivity index (χ1v) is 18.4. The van der Waals surface area contributed by atoms with Gasteiger partial charge in [-0.15, -0.1) is 23.1 Å². The van der Waals surface area contributed by atoms with E-state index in [9.17, 15) is 19.2 Å². The molecular formula is C38H38ClN3O5S2. The molecule has 254 valence electrons. The van der Waals surface area contributed by atoms with Crippen LogP contribution in [0.15, 0.2) is 89.5 Å². The van der Waals surface area contributed by atoms with Crippen LogP contribution in [0.3, 0.4) is 0 Å². The van der Waals surface area contributed by atoms with Crippen LogP contribution < -0.4 is 16.0 Å². The molecule has 1 aliphatic rings. The van der Waals surface area contributed by atoms with Crippen molar-refractivity contribution in [2.45, 2.75) is 62.5 Å². The number of anilines is 2. The smallest absolute Gasteiger partial charge is 0.341 e. The van der Waals surface area contributed by atoms with Gasteiger partial charge in [0, 0.05) is 26.0 Å². The van der Waals surface area contributed by atoms with Crippen molar-refractivity contribution in [2.24, 2.45) is 0 Å². The van der Waals surface area contributed by atoms with Gasteiger partial charge in [0.25, 0.3) is 11.8 Å². The molecule has 4 aromatic rings. The number of esters is 1. The third-order valence-corrected chi connectivity index (χ3v) is 10.8. The number of nitrogens with one attached hydrogen (secondary N) is 3. The molecule has 0 saturated heterocycles. The summed E-state index contributed by atoms with van der Waals surface area (Å²) < 4.78 is 5.39. The Hall–Kier alpha value is -4.38. The van der Waals surface area contributed by atoms with Crippen molar-refractivity contribution < 1.29 is 23.9 Å². The molecule has 1 aromatic heterocycles. The molecule has 0 aliphatic heterocycles. The SMILES string of the molecule is CCOC(=O)c1c(NC(=O)C(CC)Sc2cccc(NC(=O)/C(=C\c3ccccc3Cl)NC(=O)c3ccccc3)c2)sc2c1CCCCC2. The largest absolute Gasteiger partial charge is 0.462 e. The molecule has 3 N–H and O–H groups in total. The summed E-state index contributed by atoms with van der Waals surface area (Å²) in [4.78, 5) is 55.2. The summed E-state index contributed by atoms with van der Waals surface area (Å²) >= 11 is 9.21. The maximum absolute atomic E-state index is 13.6. The number of hydrogen-bond acceptors (Lipinski definition) is 7. The van der Waals surface area contributed by atoms with E-state index in [1.165, 1.54) is 29.2 Å². The summed E-state index contributed by atoms with van der Waals surface area (Å²) in [6.07, 6.45) is 6.91. The van der Waals surface area contributed by atoms with E-state index >= 15 is 0 Å². The summed E-state index contributed by atoms with van der Waals surface area (Å²) in [6.45, 7) is 3.96. The highest BCUT2D eigenvalue weighted by Crippen LogP contribution is 2.39. The highest BCUT2D eigenvalue weighted by molar-refractivity contribution is 8.00. The molecule has 3 amide bonds. The van der Waals surface area contributed by atoms with Crippen LogP contribution in [0.25, 0.3) is 6.08 Å². The van der Waals surface area contributed by atoms with Crippen molar-refractivity contribution in [3.63, 3.8) is 0 Å². The Morgan fingerprint density at radius 3 is 2.43 bits per heavy atom. The molecule has 0 fully saturated rings. The number of aryl methyl sites for hydroxylation is 1. The Balaban J connectivity index is 1.32. The van der Waals surface area contributed by atoms with Crippen molar-refractivity contribution in [1.29, 1.82) is 0 Å². The number of carbonyl (C=O) groups is 4. The topological polar surface area (TPSA) is 114 Å². The number of carbonyl (C=O) groups excluding carboxylic acids is 4. The van der Waals surface area contributed by atoms with Gasteiger partial charge < -0.3 is 20.7 Å². The number of benzene rings is 3. The molecule has 8 nitrogen and oxygen atoms in total. The van der Waals surface area contributed by atoms with Crippen LogP contribution in [-0.4, -0.2) is 35.5 Å². The van der Waals surface area contributed by atoms with E-state index in [1.807, 2.05) is 13.0 Å². The lowest BCUT2D eigenvalue weighted by atomic mass is 10.1. The molecule has 1 unspecified atom stereocenters. The van der Waals surface area contributed by atoms with Crippen molar-refractivity contribution in [3.8, 4) is 0 Å². The van der Waals surface area contributed by atoms with E-state index in [0.29, 0.717) is 38.8 Å². The van der Waals surface area contributed by atoms with Gasteiger partial charge in [-0.1, -0.05) is 67.4 Å². The first-order chi connectivity index (χ1) is 23.8. The fourth-order valence-electron chi connectivity index (χ4n) is 5.46. The first kappa shape index (κ1) is 35.9. The van der Waals surface area contributed by atoms with Crippen molar-refractivity contribution >= 4 is 75.2 Å². The van der Waals surface area contributed by atoms with Crippen LogP contribution in [-0.2, 0) is 27.2 Å². The van der Waals surface area contributed by atoms with Gasteiger partial charge in [-0.2, -0.15) is 0 Å². The van der Waals surface area contributed by atoms with Crippen LogP contribution in [0.1, 0.15) is 76.3 Å². The summed E-state index contributed by atoms with van der Waals surface area (Å²) in [5, 5.41) is 9.16. The second-order valence-electron chi connectivity index (χ2n) is 11.4. The maximum Gasteiger partial charge on any atom is 0.341 e. The van der Waals surface area contributed by atoms with Gasteiger partial charge in [-0.3, -0.25) is 14.4 Å². The van der Waals surface area contributed by atoms with Gasteiger partial charge in [0.05, 0.1) is 17.4 Å². The number of amides is 3. The summed E-state index contributed by atoms with van der Waals surface area (Å²) in [7, 11) is 0. The average molecular weight is 716 g/mol. The van der Waals surface area contributed by atoms with Crippen molar-refractivity contribution in [2.75, 3.05) is 17.2 Å². The maximum atomic E-state index is 13.6. The lowest BCUT2D eigenvalue weighted by Gasteiger charge is -2.16. The fourth-order valence-corrected chi connectivity index (χ4v) is 7.95. The van der Waals surface area contributed by atoms with E-state index in [0.717, 1.165) is 47.4 Å². The monoisotopic (exact) mass is 715 g/mol. The number of thioether (sulfide) groups is 1. The summed E-state index contributed by atoms with van der Waals surface area (Å²) in [6, 6.07) is 22.8.